The molecule has 4 aliphatic rings. The van der Waals surface area contributed by atoms with E-state index < -0.39 is 5.97 Å². The first-order chi connectivity index (χ1) is 22.1. The van der Waals surface area contributed by atoms with Crippen LogP contribution in [0.2, 0.25) is 5.02 Å². The first kappa shape index (κ1) is 30.2. The molecule has 2 amide bonds. The van der Waals surface area contributed by atoms with Gasteiger partial charge in [0.15, 0.2) is 5.43 Å². The third-order valence-electron chi connectivity index (χ3n) is 10.2. The Bertz CT molecular complexity index is 1900. The molecule has 4 aliphatic carbocycles. The monoisotopic (exact) mass is 637 g/mol. The number of pyridine rings is 1. The molecular formula is C37H36ClN3O5. The predicted molar refractivity (Wildman–Crippen MR) is 176 cm³/mol. The summed E-state index contributed by atoms with van der Waals surface area (Å²) in [7, 11) is 1.30. The summed E-state index contributed by atoms with van der Waals surface area (Å²) in [5.74, 6) is 0.575. The number of esters is 1. The van der Waals surface area contributed by atoms with Crippen LogP contribution in [0, 0.1) is 17.8 Å². The standard InChI is InChI=1S/C37H36ClN3O5/c1-21(42)40-37-18-23-14-25(19-37)32(26(15-23)20-37)39-35(44)24-10-8-22(9-11-24)16-30-33(36(45)46-2)41(28-6-4-3-5-7-28)31-17-27(38)12-13-29(31)34(30)43/h3-13,17,23,25-26,32H,14-16,18-20H2,1-2H3,(H,39,44)(H,40,42)/t23?,25-,26+,32?,37?. The number of aromatic nitrogens is 1. The Morgan fingerprint density at radius 3 is 2.30 bits per heavy atom. The van der Waals surface area contributed by atoms with Crippen molar-refractivity contribution in [3.05, 3.63) is 110 Å². The molecule has 2 N–H and O–H groups in total. The maximum atomic E-state index is 13.9. The van der Waals surface area contributed by atoms with Gasteiger partial charge in [0.05, 0.1) is 12.6 Å². The van der Waals surface area contributed by atoms with Gasteiger partial charge in [-0.1, -0.05) is 41.9 Å². The molecule has 3 aromatic carbocycles. The number of amides is 2. The van der Waals surface area contributed by atoms with Crippen molar-refractivity contribution < 1.29 is 19.1 Å². The van der Waals surface area contributed by atoms with Crippen LogP contribution < -0.4 is 16.1 Å². The molecule has 0 radical (unpaired) electrons. The van der Waals surface area contributed by atoms with Gasteiger partial charge in [-0.25, -0.2) is 4.79 Å². The molecule has 5 atom stereocenters. The van der Waals surface area contributed by atoms with E-state index in [0.717, 1.165) is 37.7 Å². The van der Waals surface area contributed by atoms with Crippen molar-refractivity contribution >= 4 is 40.3 Å². The number of rotatable bonds is 7. The minimum atomic E-state index is -0.634. The lowest BCUT2D eigenvalue weighted by Crippen LogP contribution is -2.66. The average molecular weight is 638 g/mol. The zero-order valence-electron chi connectivity index (χ0n) is 25.8. The number of methoxy groups -OCH3 is 1. The number of carbonyl (C=O) groups is 3. The Kier molecular flexibility index (Phi) is 7.71. The number of hydrogen-bond acceptors (Lipinski definition) is 5. The second-order valence-corrected chi connectivity index (χ2v) is 13.7. The van der Waals surface area contributed by atoms with Crippen LogP contribution in [-0.2, 0) is 16.0 Å². The third kappa shape index (κ3) is 5.38. The van der Waals surface area contributed by atoms with Crippen LogP contribution in [0.15, 0.2) is 77.6 Å². The van der Waals surface area contributed by atoms with Crippen molar-refractivity contribution in [2.75, 3.05) is 7.11 Å². The van der Waals surface area contributed by atoms with E-state index >= 15 is 0 Å². The first-order valence-electron chi connectivity index (χ1n) is 15.8. The number of hydrogen-bond donors (Lipinski definition) is 2. The Balaban J connectivity index is 1.17. The van der Waals surface area contributed by atoms with E-state index in [1.54, 1.807) is 41.8 Å². The highest BCUT2D eigenvalue weighted by Gasteiger charge is 2.56. The van der Waals surface area contributed by atoms with Gasteiger partial charge in [0.1, 0.15) is 5.69 Å². The van der Waals surface area contributed by atoms with Crippen LogP contribution in [0.5, 0.6) is 0 Å². The van der Waals surface area contributed by atoms with E-state index in [9.17, 15) is 19.2 Å². The summed E-state index contributed by atoms with van der Waals surface area (Å²) < 4.78 is 6.92. The highest BCUT2D eigenvalue weighted by atomic mass is 35.5. The van der Waals surface area contributed by atoms with Crippen LogP contribution in [0.1, 0.15) is 71.0 Å². The zero-order valence-corrected chi connectivity index (χ0v) is 26.6. The van der Waals surface area contributed by atoms with Crippen LogP contribution in [0.25, 0.3) is 16.6 Å². The maximum absolute atomic E-state index is 13.9. The summed E-state index contributed by atoms with van der Waals surface area (Å²) in [4.78, 5) is 52.6. The smallest absolute Gasteiger partial charge is 0.355 e. The maximum Gasteiger partial charge on any atom is 0.355 e. The summed E-state index contributed by atoms with van der Waals surface area (Å²) in [6, 6.07) is 21.6. The highest BCUT2D eigenvalue weighted by Crippen LogP contribution is 2.55. The molecule has 0 aliphatic heterocycles. The molecule has 0 saturated heterocycles. The Morgan fingerprint density at radius 2 is 1.65 bits per heavy atom. The van der Waals surface area contributed by atoms with Gasteiger partial charge in [0.2, 0.25) is 5.91 Å². The Labute approximate surface area is 272 Å². The van der Waals surface area contributed by atoms with E-state index in [0.29, 0.717) is 50.5 Å². The predicted octanol–water partition coefficient (Wildman–Crippen LogP) is 5.83. The molecular weight excluding hydrogens is 602 g/mol. The van der Waals surface area contributed by atoms with Crippen molar-refractivity contribution in [2.45, 2.75) is 57.0 Å². The zero-order chi connectivity index (χ0) is 32.2. The van der Waals surface area contributed by atoms with E-state index in [4.69, 9.17) is 16.3 Å². The van der Waals surface area contributed by atoms with Gasteiger partial charge >= 0.3 is 5.97 Å². The topological polar surface area (TPSA) is 106 Å². The fraction of sp³-hybridized carbons (Fsp3) is 0.351. The van der Waals surface area contributed by atoms with Gasteiger partial charge in [-0.2, -0.15) is 0 Å². The molecule has 1 heterocycles. The highest BCUT2D eigenvalue weighted by molar-refractivity contribution is 6.31. The molecule has 236 valence electrons. The van der Waals surface area contributed by atoms with Crippen molar-refractivity contribution in [1.29, 1.82) is 0 Å². The number of ether oxygens (including phenoxy) is 1. The van der Waals surface area contributed by atoms with Gasteiger partial charge < -0.3 is 19.9 Å². The number of nitrogens with zero attached hydrogens (tertiary/aromatic N) is 1. The van der Waals surface area contributed by atoms with Gasteiger partial charge in [-0.15, -0.1) is 0 Å². The van der Waals surface area contributed by atoms with E-state index in [1.165, 1.54) is 7.11 Å². The molecule has 8 rings (SSSR count). The lowest BCUT2D eigenvalue weighted by molar-refractivity contribution is -0.125. The summed E-state index contributed by atoms with van der Waals surface area (Å²) in [6.45, 7) is 1.59. The molecule has 4 saturated carbocycles. The average Bonchev–Trinajstić information content (AvgIpc) is 3.03. The van der Waals surface area contributed by atoms with Crippen molar-refractivity contribution in [3.63, 3.8) is 0 Å². The minimum Gasteiger partial charge on any atom is -0.464 e. The molecule has 4 bridgehead atoms. The Hall–Kier alpha value is -4.43. The molecule has 0 spiro atoms. The molecule has 46 heavy (non-hydrogen) atoms. The lowest BCUT2D eigenvalue weighted by atomic mass is 9.51. The SMILES string of the molecule is COC(=O)c1c(Cc2ccc(C(=O)NC3[C@@H]4CC5C[C@H]3CC(NC(C)=O)(C5)C4)cc2)c(=O)c2ccc(Cl)cc2n1-c1ccccc1. The lowest BCUT2D eigenvalue weighted by Gasteiger charge is -2.60. The van der Waals surface area contributed by atoms with E-state index in [2.05, 4.69) is 10.6 Å². The number of carbonyl (C=O) groups excluding carboxylic acids is 3. The van der Waals surface area contributed by atoms with Crippen LogP contribution in [0.3, 0.4) is 0 Å². The Morgan fingerprint density at radius 1 is 0.957 bits per heavy atom. The van der Waals surface area contributed by atoms with Crippen LogP contribution in [-0.4, -0.2) is 41.0 Å². The number of nitrogens with one attached hydrogen (secondary N) is 2. The van der Waals surface area contributed by atoms with Gasteiger partial charge in [0, 0.05) is 52.1 Å². The molecule has 1 aromatic heterocycles. The third-order valence-corrected chi connectivity index (χ3v) is 10.5. The molecule has 9 heteroatoms. The minimum absolute atomic E-state index is 0.0217. The normalized spacial score (nSPS) is 24.5. The first-order valence-corrected chi connectivity index (χ1v) is 16.2. The second kappa shape index (κ2) is 11.7. The van der Waals surface area contributed by atoms with Crippen LogP contribution in [0.4, 0.5) is 0 Å². The van der Waals surface area contributed by atoms with Crippen molar-refractivity contribution in [2.24, 2.45) is 17.8 Å². The van der Waals surface area contributed by atoms with Gasteiger partial charge in [-0.05, 0) is 97.9 Å². The van der Waals surface area contributed by atoms with Gasteiger partial charge in [-0.3, -0.25) is 14.4 Å². The number of halogens is 1. The van der Waals surface area contributed by atoms with Crippen molar-refractivity contribution in [3.8, 4) is 5.69 Å². The molecule has 4 aromatic rings. The number of benzene rings is 3. The summed E-state index contributed by atoms with van der Waals surface area (Å²) in [6.07, 6.45) is 5.19. The summed E-state index contributed by atoms with van der Waals surface area (Å²) in [5.41, 5.74) is 2.54. The summed E-state index contributed by atoms with van der Waals surface area (Å²) in [5, 5.41) is 7.46. The van der Waals surface area contributed by atoms with Crippen LogP contribution >= 0.6 is 11.6 Å². The molecule has 3 unspecified atom stereocenters. The molecule has 4 fully saturated rings. The van der Waals surface area contributed by atoms with E-state index in [-0.39, 0.29) is 40.9 Å². The molecule has 8 nitrogen and oxygen atoms in total. The van der Waals surface area contributed by atoms with Crippen molar-refractivity contribution in [1.82, 2.24) is 15.2 Å². The fourth-order valence-electron chi connectivity index (χ4n) is 8.73. The number of para-hydroxylation sites is 1. The fourth-order valence-corrected chi connectivity index (χ4v) is 8.89. The largest absolute Gasteiger partial charge is 0.464 e. The summed E-state index contributed by atoms with van der Waals surface area (Å²) >= 11 is 6.35. The second-order valence-electron chi connectivity index (χ2n) is 13.3. The number of fused-ring (bicyclic) bond motifs is 1. The van der Waals surface area contributed by atoms with Gasteiger partial charge in [0.25, 0.3) is 5.91 Å². The van der Waals surface area contributed by atoms with E-state index in [1.807, 2.05) is 42.5 Å². The quantitative estimate of drug-likeness (QED) is 0.248.